The summed E-state index contributed by atoms with van der Waals surface area (Å²) in [7, 11) is 0. The number of nitro groups is 1. The van der Waals surface area contributed by atoms with E-state index in [4.69, 9.17) is 4.42 Å². The molecule has 0 saturated carbocycles. The third kappa shape index (κ3) is 3.30. The number of benzene rings is 2. The molecule has 0 aliphatic carbocycles. The number of nitrogens with zero attached hydrogens (tertiary/aromatic N) is 2. The van der Waals surface area contributed by atoms with Gasteiger partial charge in [0.2, 0.25) is 0 Å². The highest BCUT2D eigenvalue weighted by Gasteiger charge is 2.15. The molecule has 0 aliphatic heterocycles. The number of nitrogens with one attached hydrogen (secondary N) is 1. The summed E-state index contributed by atoms with van der Waals surface area (Å²) < 4.78 is 6.59. The largest absolute Gasteiger partial charge is 0.451 e. The van der Waals surface area contributed by atoms with Gasteiger partial charge in [0.1, 0.15) is 5.76 Å². The highest BCUT2D eigenvalue weighted by atomic mass is 32.1. The van der Waals surface area contributed by atoms with Gasteiger partial charge in [-0.15, -0.1) is 0 Å². The predicted molar refractivity (Wildman–Crippen MR) is 103 cm³/mol. The second kappa shape index (κ2) is 6.65. The molecule has 2 aromatic heterocycles. The van der Waals surface area contributed by atoms with Gasteiger partial charge in [0.05, 0.1) is 15.1 Å². The van der Waals surface area contributed by atoms with Gasteiger partial charge in [0.15, 0.2) is 10.9 Å². The minimum absolute atomic E-state index is 0.00518. The predicted octanol–water partition coefficient (Wildman–Crippen LogP) is 5.03. The van der Waals surface area contributed by atoms with E-state index in [1.807, 2.05) is 25.1 Å². The summed E-state index contributed by atoms with van der Waals surface area (Å²) in [5.74, 6) is 0.189. The number of carbonyl (C=O) groups excluding carboxylic acids is 1. The summed E-state index contributed by atoms with van der Waals surface area (Å²) in [6.07, 6.45) is 0. The van der Waals surface area contributed by atoms with Crippen LogP contribution < -0.4 is 5.32 Å². The number of anilines is 1. The molecule has 0 unspecified atom stereocenters. The normalized spacial score (nSPS) is 10.9. The first-order valence-corrected chi connectivity index (χ1v) is 8.85. The van der Waals surface area contributed by atoms with E-state index in [9.17, 15) is 14.9 Å². The molecule has 0 radical (unpaired) electrons. The zero-order valence-electron chi connectivity index (χ0n) is 14.1. The first-order valence-electron chi connectivity index (χ1n) is 8.03. The monoisotopic (exact) mass is 379 g/mol. The van der Waals surface area contributed by atoms with E-state index in [2.05, 4.69) is 10.3 Å². The van der Waals surface area contributed by atoms with Crippen molar-refractivity contribution in [3.63, 3.8) is 0 Å². The topological polar surface area (TPSA) is 98.3 Å². The summed E-state index contributed by atoms with van der Waals surface area (Å²) in [5, 5.41) is 14.0. The van der Waals surface area contributed by atoms with Gasteiger partial charge in [-0.1, -0.05) is 23.5 Å². The Morgan fingerprint density at radius 2 is 1.93 bits per heavy atom. The number of para-hydroxylation sites is 1. The summed E-state index contributed by atoms with van der Waals surface area (Å²) in [6, 6.07) is 15.0. The molecule has 8 heteroatoms. The molecule has 0 bridgehead atoms. The highest BCUT2D eigenvalue weighted by molar-refractivity contribution is 7.22. The van der Waals surface area contributed by atoms with Crippen LogP contribution in [0, 0.1) is 17.0 Å². The number of fused-ring (bicyclic) bond motifs is 1. The van der Waals surface area contributed by atoms with Crippen molar-refractivity contribution >= 4 is 38.3 Å². The van der Waals surface area contributed by atoms with E-state index in [-0.39, 0.29) is 11.4 Å². The van der Waals surface area contributed by atoms with Crippen LogP contribution in [0.25, 0.3) is 21.5 Å². The zero-order valence-corrected chi connectivity index (χ0v) is 14.9. The van der Waals surface area contributed by atoms with Gasteiger partial charge in [-0.3, -0.25) is 20.2 Å². The Morgan fingerprint density at radius 1 is 1.15 bits per heavy atom. The van der Waals surface area contributed by atoms with Crippen molar-refractivity contribution < 1.29 is 14.1 Å². The van der Waals surface area contributed by atoms with Crippen LogP contribution in [0.4, 0.5) is 10.8 Å². The third-order valence-corrected chi connectivity index (χ3v) is 4.97. The zero-order chi connectivity index (χ0) is 19.0. The van der Waals surface area contributed by atoms with E-state index < -0.39 is 10.8 Å². The summed E-state index contributed by atoms with van der Waals surface area (Å²) >= 11 is 1.39. The van der Waals surface area contributed by atoms with E-state index in [0.717, 1.165) is 15.8 Å². The van der Waals surface area contributed by atoms with Crippen molar-refractivity contribution in [1.82, 2.24) is 4.98 Å². The number of nitro benzene ring substituents is 1. The number of aryl methyl sites for hydroxylation is 1. The molecule has 2 aromatic carbocycles. The molecule has 1 amide bonds. The van der Waals surface area contributed by atoms with Crippen LogP contribution in [0.3, 0.4) is 0 Å². The number of non-ortho nitro benzene ring substituents is 1. The molecule has 134 valence electrons. The highest BCUT2D eigenvalue weighted by Crippen LogP contribution is 2.29. The minimum atomic E-state index is -0.468. The van der Waals surface area contributed by atoms with Crippen LogP contribution in [0.2, 0.25) is 0 Å². The molecule has 7 nitrogen and oxygen atoms in total. The maximum absolute atomic E-state index is 12.4. The number of hydrogen-bond donors (Lipinski definition) is 1. The molecule has 2 heterocycles. The van der Waals surface area contributed by atoms with Gasteiger partial charge >= 0.3 is 0 Å². The second-order valence-electron chi connectivity index (χ2n) is 5.86. The van der Waals surface area contributed by atoms with Crippen LogP contribution >= 0.6 is 11.3 Å². The van der Waals surface area contributed by atoms with Crippen LogP contribution in [0.5, 0.6) is 0 Å². The van der Waals surface area contributed by atoms with Gasteiger partial charge in [-0.25, -0.2) is 4.98 Å². The van der Waals surface area contributed by atoms with Crippen molar-refractivity contribution in [2.24, 2.45) is 0 Å². The van der Waals surface area contributed by atoms with E-state index in [1.165, 1.54) is 23.5 Å². The van der Waals surface area contributed by atoms with Gasteiger partial charge in [0.25, 0.3) is 11.6 Å². The van der Waals surface area contributed by atoms with E-state index in [1.54, 1.807) is 24.3 Å². The molecule has 0 saturated heterocycles. The second-order valence-corrected chi connectivity index (χ2v) is 6.89. The van der Waals surface area contributed by atoms with Gasteiger partial charge in [0, 0.05) is 17.7 Å². The summed E-state index contributed by atoms with van der Waals surface area (Å²) in [5.41, 5.74) is 2.55. The van der Waals surface area contributed by atoms with Crippen LogP contribution in [0.1, 0.15) is 16.1 Å². The lowest BCUT2D eigenvalue weighted by Crippen LogP contribution is -2.10. The number of amides is 1. The number of rotatable bonds is 4. The maximum atomic E-state index is 12.4. The Labute approximate surface area is 157 Å². The van der Waals surface area contributed by atoms with Crippen molar-refractivity contribution in [2.45, 2.75) is 6.92 Å². The molecule has 1 N–H and O–H groups in total. The Morgan fingerprint density at radius 3 is 2.63 bits per heavy atom. The Kier molecular flexibility index (Phi) is 4.17. The fourth-order valence-corrected chi connectivity index (χ4v) is 3.60. The molecule has 4 aromatic rings. The van der Waals surface area contributed by atoms with E-state index in [0.29, 0.717) is 16.5 Å². The fourth-order valence-electron chi connectivity index (χ4n) is 2.66. The SMILES string of the molecule is Cc1cccc2sc(NC(=O)c3ccc(-c4ccc([N+](=O)[O-])cc4)o3)nc12. The first-order chi connectivity index (χ1) is 13.0. The van der Waals surface area contributed by atoms with Crippen LogP contribution in [-0.2, 0) is 0 Å². The molecular weight excluding hydrogens is 366 g/mol. The molecule has 0 spiro atoms. The van der Waals surface area contributed by atoms with Crippen molar-refractivity contribution in [3.05, 3.63) is 76.0 Å². The van der Waals surface area contributed by atoms with Crippen LogP contribution in [-0.4, -0.2) is 15.8 Å². The molecule has 0 fully saturated rings. The van der Waals surface area contributed by atoms with Gasteiger partial charge in [-0.2, -0.15) is 0 Å². The van der Waals surface area contributed by atoms with Gasteiger partial charge < -0.3 is 4.42 Å². The number of carbonyl (C=O) groups is 1. The Bertz CT molecular complexity index is 1160. The summed E-state index contributed by atoms with van der Waals surface area (Å²) in [6.45, 7) is 1.97. The Balaban J connectivity index is 1.54. The first kappa shape index (κ1) is 16.9. The quantitative estimate of drug-likeness (QED) is 0.396. The molecular formula is C19H13N3O4S. The fraction of sp³-hybridized carbons (Fsp3) is 0.0526. The lowest BCUT2D eigenvalue weighted by Gasteiger charge is -1.99. The maximum Gasteiger partial charge on any atom is 0.293 e. The average molecular weight is 379 g/mol. The summed E-state index contributed by atoms with van der Waals surface area (Å²) in [4.78, 5) is 27.1. The standard InChI is InChI=1S/C19H13N3O4S/c1-11-3-2-4-16-17(11)20-19(27-16)21-18(23)15-10-9-14(26-15)12-5-7-13(8-6-12)22(24)25/h2-10H,1H3,(H,20,21,23). The van der Waals surface area contributed by atoms with Crippen LogP contribution in [0.15, 0.2) is 59.0 Å². The van der Waals surface area contributed by atoms with Crippen molar-refractivity contribution in [3.8, 4) is 11.3 Å². The minimum Gasteiger partial charge on any atom is -0.451 e. The number of furan rings is 1. The lowest BCUT2D eigenvalue weighted by molar-refractivity contribution is -0.384. The number of aromatic nitrogens is 1. The molecule has 4 rings (SSSR count). The number of hydrogen-bond acceptors (Lipinski definition) is 6. The third-order valence-electron chi connectivity index (χ3n) is 4.03. The molecule has 0 aliphatic rings. The smallest absolute Gasteiger partial charge is 0.293 e. The van der Waals surface area contributed by atoms with E-state index >= 15 is 0 Å². The Hall–Kier alpha value is -3.52. The average Bonchev–Trinajstić information content (AvgIpc) is 3.29. The lowest BCUT2D eigenvalue weighted by atomic mass is 10.1. The van der Waals surface area contributed by atoms with Crippen molar-refractivity contribution in [1.29, 1.82) is 0 Å². The number of thiazole rings is 1. The molecule has 0 atom stereocenters. The van der Waals surface area contributed by atoms with Gasteiger partial charge in [-0.05, 0) is 42.8 Å². The van der Waals surface area contributed by atoms with Crippen molar-refractivity contribution in [2.75, 3.05) is 5.32 Å². The molecule has 27 heavy (non-hydrogen) atoms.